The van der Waals surface area contributed by atoms with Crippen LogP contribution in [-0.2, 0) is 0 Å². The van der Waals surface area contributed by atoms with Crippen molar-refractivity contribution in [3.05, 3.63) is 88.6 Å². The Hall–Kier alpha value is -3.77. The number of benzene rings is 3. The Morgan fingerprint density at radius 1 is 0.867 bits per heavy atom. The van der Waals surface area contributed by atoms with E-state index in [-0.39, 0.29) is 18.3 Å². The summed E-state index contributed by atoms with van der Waals surface area (Å²) in [4.78, 5) is 26.1. The van der Waals surface area contributed by atoms with Crippen molar-refractivity contribution in [2.45, 2.75) is 0 Å². The SMILES string of the molecule is O=C(Nc1c(C(=O)c2ccc3c(c2)OCO3)oc2ccccc12)c1cccc(Cl)c1. The Balaban J connectivity index is 1.57. The third kappa shape index (κ3) is 3.17. The monoisotopic (exact) mass is 419 g/mol. The molecule has 5 rings (SSSR count). The Morgan fingerprint density at radius 2 is 1.70 bits per heavy atom. The van der Waals surface area contributed by atoms with Gasteiger partial charge in [0.25, 0.3) is 5.91 Å². The number of ether oxygens (including phenoxy) is 2. The maximum atomic E-state index is 13.2. The van der Waals surface area contributed by atoms with Gasteiger partial charge >= 0.3 is 0 Å². The molecular weight excluding hydrogens is 406 g/mol. The van der Waals surface area contributed by atoms with E-state index >= 15 is 0 Å². The molecule has 6 nitrogen and oxygen atoms in total. The summed E-state index contributed by atoms with van der Waals surface area (Å²) in [5, 5.41) is 3.88. The van der Waals surface area contributed by atoms with E-state index in [2.05, 4.69) is 5.32 Å². The highest BCUT2D eigenvalue weighted by Gasteiger charge is 2.25. The number of halogens is 1. The zero-order valence-electron chi connectivity index (χ0n) is 15.5. The lowest BCUT2D eigenvalue weighted by Crippen LogP contribution is -2.14. The number of hydrogen-bond acceptors (Lipinski definition) is 5. The van der Waals surface area contributed by atoms with Crippen molar-refractivity contribution < 1.29 is 23.5 Å². The molecule has 0 bridgehead atoms. The van der Waals surface area contributed by atoms with Gasteiger partial charge in [0.2, 0.25) is 12.6 Å². The smallest absolute Gasteiger partial charge is 0.255 e. The van der Waals surface area contributed by atoms with Gasteiger partial charge in [-0.1, -0.05) is 29.8 Å². The van der Waals surface area contributed by atoms with Crippen LogP contribution in [0.2, 0.25) is 5.02 Å². The van der Waals surface area contributed by atoms with Crippen molar-refractivity contribution >= 4 is 39.9 Å². The second-order valence-corrected chi connectivity index (χ2v) is 7.10. The van der Waals surface area contributed by atoms with E-state index in [1.54, 1.807) is 60.7 Å². The predicted octanol–water partition coefficient (Wildman–Crippen LogP) is 5.30. The van der Waals surface area contributed by atoms with Crippen molar-refractivity contribution in [1.82, 2.24) is 0 Å². The number of ketones is 1. The van der Waals surface area contributed by atoms with Gasteiger partial charge in [-0.2, -0.15) is 0 Å². The largest absolute Gasteiger partial charge is 0.454 e. The first-order chi connectivity index (χ1) is 14.6. The van der Waals surface area contributed by atoms with Crippen LogP contribution >= 0.6 is 11.6 Å². The summed E-state index contributed by atoms with van der Waals surface area (Å²) < 4.78 is 16.5. The van der Waals surface area contributed by atoms with E-state index in [4.69, 9.17) is 25.5 Å². The fraction of sp³-hybridized carbons (Fsp3) is 0.0435. The van der Waals surface area contributed by atoms with Crippen LogP contribution in [0.3, 0.4) is 0 Å². The van der Waals surface area contributed by atoms with Crippen LogP contribution in [0.15, 0.2) is 71.1 Å². The van der Waals surface area contributed by atoms with Gasteiger partial charge in [0.1, 0.15) is 5.58 Å². The quantitative estimate of drug-likeness (QED) is 0.454. The van der Waals surface area contributed by atoms with Crippen molar-refractivity contribution in [2.24, 2.45) is 0 Å². The molecule has 1 aliphatic rings. The average Bonchev–Trinajstić information content (AvgIpc) is 3.37. The van der Waals surface area contributed by atoms with Gasteiger partial charge in [-0.25, -0.2) is 0 Å². The third-order valence-corrected chi connectivity index (χ3v) is 5.00. The average molecular weight is 420 g/mol. The lowest BCUT2D eigenvalue weighted by molar-refractivity contribution is 0.101. The van der Waals surface area contributed by atoms with Crippen molar-refractivity contribution in [3.8, 4) is 11.5 Å². The molecule has 7 heteroatoms. The molecule has 1 N–H and O–H groups in total. The van der Waals surface area contributed by atoms with Crippen LogP contribution in [-0.4, -0.2) is 18.5 Å². The Kier molecular flexibility index (Phi) is 4.41. The first kappa shape index (κ1) is 18.3. The van der Waals surface area contributed by atoms with Crippen molar-refractivity contribution in [2.75, 3.05) is 12.1 Å². The zero-order chi connectivity index (χ0) is 20.7. The number of carbonyl (C=O) groups is 2. The van der Waals surface area contributed by atoms with Gasteiger partial charge in [-0.15, -0.1) is 0 Å². The normalized spacial score (nSPS) is 12.2. The van der Waals surface area contributed by atoms with Crippen LogP contribution < -0.4 is 14.8 Å². The Labute approximate surface area is 176 Å². The van der Waals surface area contributed by atoms with E-state index < -0.39 is 5.91 Å². The van der Waals surface area contributed by atoms with Gasteiger partial charge < -0.3 is 19.2 Å². The fourth-order valence-electron chi connectivity index (χ4n) is 3.31. The van der Waals surface area contributed by atoms with Gasteiger partial charge in [0, 0.05) is 21.5 Å². The standard InChI is InChI=1S/C23H14ClNO5/c24-15-5-3-4-14(10-15)23(27)25-20-16-6-1-2-7-17(16)30-22(20)21(26)13-8-9-18-19(11-13)29-12-28-18/h1-11H,12H2,(H,25,27). The Morgan fingerprint density at radius 3 is 2.57 bits per heavy atom. The maximum Gasteiger partial charge on any atom is 0.255 e. The number of fused-ring (bicyclic) bond motifs is 2. The van der Waals surface area contributed by atoms with E-state index in [0.29, 0.717) is 44.3 Å². The number of rotatable bonds is 4. The molecular formula is C23H14ClNO5. The molecule has 1 amide bonds. The van der Waals surface area contributed by atoms with Crippen LogP contribution in [0.4, 0.5) is 5.69 Å². The summed E-state index contributed by atoms with van der Waals surface area (Å²) in [7, 11) is 0. The molecule has 0 atom stereocenters. The lowest BCUT2D eigenvalue weighted by Gasteiger charge is -2.07. The van der Waals surface area contributed by atoms with E-state index in [1.165, 1.54) is 0 Å². The van der Waals surface area contributed by atoms with Crippen LogP contribution in [0, 0.1) is 0 Å². The second kappa shape index (κ2) is 7.24. The van der Waals surface area contributed by atoms with Crippen molar-refractivity contribution in [3.63, 3.8) is 0 Å². The zero-order valence-corrected chi connectivity index (χ0v) is 16.2. The number of nitrogens with one attached hydrogen (secondary N) is 1. The molecule has 0 radical (unpaired) electrons. The molecule has 30 heavy (non-hydrogen) atoms. The molecule has 3 aromatic carbocycles. The minimum Gasteiger partial charge on any atom is -0.454 e. The molecule has 0 aliphatic carbocycles. The summed E-state index contributed by atoms with van der Waals surface area (Å²) >= 11 is 6.00. The van der Waals surface area contributed by atoms with E-state index in [9.17, 15) is 9.59 Å². The first-order valence-electron chi connectivity index (χ1n) is 9.13. The molecule has 0 saturated carbocycles. The van der Waals surface area contributed by atoms with Crippen LogP contribution in [0.1, 0.15) is 26.5 Å². The number of hydrogen-bond donors (Lipinski definition) is 1. The van der Waals surface area contributed by atoms with Crippen LogP contribution in [0.5, 0.6) is 11.5 Å². The topological polar surface area (TPSA) is 77.8 Å². The minimum absolute atomic E-state index is 0.0328. The summed E-state index contributed by atoms with van der Waals surface area (Å²) in [6.07, 6.45) is 0. The number of carbonyl (C=O) groups excluding carboxylic acids is 2. The van der Waals surface area contributed by atoms with Gasteiger partial charge in [0.05, 0.1) is 5.69 Å². The molecule has 1 aromatic heterocycles. The summed E-state index contributed by atoms with van der Waals surface area (Å²) in [6.45, 7) is 0.110. The highest BCUT2D eigenvalue weighted by molar-refractivity contribution is 6.31. The third-order valence-electron chi connectivity index (χ3n) is 4.76. The lowest BCUT2D eigenvalue weighted by atomic mass is 10.1. The minimum atomic E-state index is -0.399. The van der Waals surface area contributed by atoms with Crippen molar-refractivity contribution in [1.29, 1.82) is 0 Å². The Bertz CT molecular complexity index is 1310. The number of anilines is 1. The predicted molar refractivity (Wildman–Crippen MR) is 112 cm³/mol. The highest BCUT2D eigenvalue weighted by Crippen LogP contribution is 2.36. The fourth-order valence-corrected chi connectivity index (χ4v) is 3.50. The molecule has 4 aromatic rings. The van der Waals surface area contributed by atoms with E-state index in [0.717, 1.165) is 0 Å². The van der Waals surface area contributed by atoms with Gasteiger partial charge in [-0.05, 0) is 48.5 Å². The summed E-state index contributed by atoms with van der Waals surface area (Å²) in [6, 6.07) is 18.6. The maximum absolute atomic E-state index is 13.2. The summed E-state index contributed by atoms with van der Waals surface area (Å²) in [5.41, 5.74) is 1.52. The number of para-hydroxylation sites is 1. The second-order valence-electron chi connectivity index (χ2n) is 6.66. The van der Waals surface area contributed by atoms with Gasteiger partial charge in [-0.3, -0.25) is 9.59 Å². The molecule has 1 aliphatic heterocycles. The first-order valence-corrected chi connectivity index (χ1v) is 9.51. The van der Waals surface area contributed by atoms with Crippen LogP contribution in [0.25, 0.3) is 11.0 Å². The molecule has 148 valence electrons. The molecule has 0 fully saturated rings. The number of amides is 1. The molecule has 0 unspecified atom stereocenters. The molecule has 0 saturated heterocycles. The number of furan rings is 1. The highest BCUT2D eigenvalue weighted by atomic mass is 35.5. The molecule has 2 heterocycles. The summed E-state index contributed by atoms with van der Waals surface area (Å²) in [5.74, 6) is 0.312. The van der Waals surface area contributed by atoms with E-state index in [1.807, 2.05) is 6.07 Å². The molecule has 0 spiro atoms. The van der Waals surface area contributed by atoms with Gasteiger partial charge in [0.15, 0.2) is 17.3 Å².